The zero-order valence-electron chi connectivity index (χ0n) is 10.6. The highest BCUT2D eigenvalue weighted by Gasteiger charge is 2.26. The van der Waals surface area contributed by atoms with Crippen molar-refractivity contribution in [3.8, 4) is 0 Å². The second kappa shape index (κ2) is 5.46. The molecular weight excluding hydrogens is 242 g/mol. The minimum atomic E-state index is -0.0353. The Morgan fingerprint density at radius 2 is 2.42 bits per heavy atom. The van der Waals surface area contributed by atoms with E-state index in [9.17, 15) is 0 Å². The maximum atomic E-state index is 6.33. The lowest BCUT2D eigenvalue weighted by Crippen LogP contribution is -2.24. The van der Waals surface area contributed by atoms with Crippen LogP contribution in [0.1, 0.15) is 23.9 Å². The number of rotatable bonds is 4. The molecular formula is C13H17N5O. The van der Waals surface area contributed by atoms with E-state index < -0.39 is 0 Å². The number of nitrogens with zero attached hydrogens (tertiary/aromatic N) is 4. The fraction of sp³-hybridized carbons (Fsp3) is 0.462. The first-order chi connectivity index (χ1) is 9.34. The summed E-state index contributed by atoms with van der Waals surface area (Å²) in [5.41, 5.74) is 8.31. The minimum absolute atomic E-state index is 0.0353. The molecule has 0 aromatic carbocycles. The van der Waals surface area contributed by atoms with Gasteiger partial charge in [0.1, 0.15) is 6.33 Å². The molecule has 2 atom stereocenters. The third-order valence-corrected chi connectivity index (χ3v) is 3.53. The molecule has 1 saturated heterocycles. The van der Waals surface area contributed by atoms with E-state index in [1.54, 1.807) is 18.9 Å². The van der Waals surface area contributed by atoms with E-state index >= 15 is 0 Å². The van der Waals surface area contributed by atoms with Crippen molar-refractivity contribution in [2.75, 3.05) is 13.2 Å². The molecule has 0 saturated carbocycles. The van der Waals surface area contributed by atoms with Gasteiger partial charge in [0, 0.05) is 24.9 Å². The summed E-state index contributed by atoms with van der Waals surface area (Å²) in [4.78, 5) is 12.4. The second-order valence-corrected chi connectivity index (χ2v) is 4.80. The first-order valence-corrected chi connectivity index (χ1v) is 6.43. The smallest absolute Gasteiger partial charge is 0.115 e. The fourth-order valence-corrected chi connectivity index (χ4v) is 2.40. The number of nitrogens with two attached hydrogens (primary N) is 1. The van der Waals surface area contributed by atoms with E-state index in [1.165, 1.54) is 0 Å². The Kier molecular flexibility index (Phi) is 3.52. The van der Waals surface area contributed by atoms with Crippen LogP contribution in [0.5, 0.6) is 0 Å². The maximum absolute atomic E-state index is 6.33. The average Bonchev–Trinajstić information content (AvgIpc) is 3.10. The van der Waals surface area contributed by atoms with Gasteiger partial charge in [-0.15, -0.1) is 0 Å². The predicted octanol–water partition coefficient (Wildman–Crippen LogP) is 0.758. The van der Waals surface area contributed by atoms with Crippen molar-refractivity contribution >= 4 is 0 Å². The monoisotopic (exact) mass is 259 g/mol. The van der Waals surface area contributed by atoms with Crippen molar-refractivity contribution < 1.29 is 4.74 Å². The van der Waals surface area contributed by atoms with Gasteiger partial charge in [-0.2, -0.15) is 0 Å². The summed E-state index contributed by atoms with van der Waals surface area (Å²) in [6.07, 6.45) is 7.94. The SMILES string of the molecule is NC(c1cncn1Cc1ccncn1)C1CCOC1. The van der Waals surface area contributed by atoms with Gasteiger partial charge in [-0.05, 0) is 12.5 Å². The number of imidazole rings is 1. The van der Waals surface area contributed by atoms with Crippen LogP contribution in [0.2, 0.25) is 0 Å². The Labute approximate surface area is 111 Å². The Balaban J connectivity index is 1.78. The molecule has 0 aliphatic carbocycles. The number of aromatic nitrogens is 4. The van der Waals surface area contributed by atoms with Gasteiger partial charge in [-0.1, -0.05) is 0 Å². The number of ether oxygens (including phenoxy) is 1. The van der Waals surface area contributed by atoms with Crippen LogP contribution >= 0.6 is 0 Å². The second-order valence-electron chi connectivity index (χ2n) is 4.80. The van der Waals surface area contributed by atoms with Gasteiger partial charge in [0.05, 0.1) is 36.9 Å². The van der Waals surface area contributed by atoms with Gasteiger partial charge in [0.15, 0.2) is 0 Å². The molecule has 2 aromatic rings. The van der Waals surface area contributed by atoms with Gasteiger partial charge < -0.3 is 15.0 Å². The molecule has 1 fully saturated rings. The molecule has 0 bridgehead atoms. The van der Waals surface area contributed by atoms with E-state index in [1.807, 2.05) is 16.8 Å². The fourth-order valence-electron chi connectivity index (χ4n) is 2.40. The first kappa shape index (κ1) is 12.3. The molecule has 0 amide bonds. The quantitative estimate of drug-likeness (QED) is 0.876. The highest BCUT2D eigenvalue weighted by Crippen LogP contribution is 2.26. The van der Waals surface area contributed by atoms with Crippen LogP contribution in [-0.4, -0.2) is 32.7 Å². The highest BCUT2D eigenvalue weighted by atomic mass is 16.5. The van der Waals surface area contributed by atoms with Crippen molar-refractivity contribution in [2.45, 2.75) is 19.0 Å². The number of hydrogen-bond acceptors (Lipinski definition) is 5. The standard InChI is InChI=1S/C13H17N5O/c14-13(10-2-4-19-7-10)12-5-16-9-18(12)6-11-1-3-15-8-17-11/h1,3,5,8-10,13H,2,4,6-7,14H2. The highest BCUT2D eigenvalue weighted by molar-refractivity contribution is 5.10. The summed E-state index contributed by atoms with van der Waals surface area (Å²) >= 11 is 0. The summed E-state index contributed by atoms with van der Waals surface area (Å²) in [6, 6.07) is 1.86. The third-order valence-electron chi connectivity index (χ3n) is 3.53. The summed E-state index contributed by atoms with van der Waals surface area (Å²) in [5, 5.41) is 0. The first-order valence-electron chi connectivity index (χ1n) is 6.43. The Hall–Kier alpha value is -1.79. The molecule has 3 rings (SSSR count). The van der Waals surface area contributed by atoms with Crippen LogP contribution in [0.3, 0.4) is 0 Å². The lowest BCUT2D eigenvalue weighted by Gasteiger charge is -2.19. The third kappa shape index (κ3) is 2.64. The largest absolute Gasteiger partial charge is 0.381 e. The summed E-state index contributed by atoms with van der Waals surface area (Å²) in [6.45, 7) is 2.21. The van der Waals surface area contributed by atoms with Crippen LogP contribution in [0.4, 0.5) is 0 Å². The molecule has 6 heteroatoms. The van der Waals surface area contributed by atoms with E-state index in [-0.39, 0.29) is 6.04 Å². The van der Waals surface area contributed by atoms with E-state index in [0.29, 0.717) is 12.5 Å². The van der Waals surface area contributed by atoms with Gasteiger partial charge in [-0.25, -0.2) is 15.0 Å². The molecule has 2 aromatic heterocycles. The normalized spacial score (nSPS) is 20.6. The molecule has 6 nitrogen and oxygen atoms in total. The topological polar surface area (TPSA) is 78.9 Å². The van der Waals surface area contributed by atoms with Crippen molar-refractivity contribution in [2.24, 2.45) is 11.7 Å². The molecule has 19 heavy (non-hydrogen) atoms. The van der Waals surface area contributed by atoms with Crippen LogP contribution in [0.15, 0.2) is 31.1 Å². The van der Waals surface area contributed by atoms with Gasteiger partial charge in [0.25, 0.3) is 0 Å². The molecule has 1 aliphatic rings. The lowest BCUT2D eigenvalue weighted by molar-refractivity contribution is 0.180. The van der Waals surface area contributed by atoms with Crippen molar-refractivity contribution in [3.05, 3.63) is 42.5 Å². The maximum Gasteiger partial charge on any atom is 0.115 e. The van der Waals surface area contributed by atoms with Crippen LogP contribution in [-0.2, 0) is 11.3 Å². The van der Waals surface area contributed by atoms with Crippen LogP contribution in [0, 0.1) is 5.92 Å². The summed E-state index contributed by atoms with van der Waals surface area (Å²) in [7, 11) is 0. The van der Waals surface area contributed by atoms with Crippen LogP contribution in [0.25, 0.3) is 0 Å². The minimum Gasteiger partial charge on any atom is -0.381 e. The lowest BCUT2D eigenvalue weighted by atomic mass is 9.97. The zero-order valence-corrected chi connectivity index (χ0v) is 10.6. The van der Waals surface area contributed by atoms with E-state index in [4.69, 9.17) is 10.5 Å². The van der Waals surface area contributed by atoms with E-state index in [0.717, 1.165) is 31.0 Å². The van der Waals surface area contributed by atoms with Crippen LogP contribution < -0.4 is 5.73 Å². The van der Waals surface area contributed by atoms with Crippen molar-refractivity contribution in [3.63, 3.8) is 0 Å². The Morgan fingerprint density at radius 1 is 1.47 bits per heavy atom. The molecule has 2 unspecified atom stereocenters. The molecule has 0 radical (unpaired) electrons. The predicted molar refractivity (Wildman–Crippen MR) is 69.2 cm³/mol. The molecule has 2 N–H and O–H groups in total. The molecule has 100 valence electrons. The Bertz CT molecular complexity index is 521. The summed E-state index contributed by atoms with van der Waals surface area (Å²) in [5.74, 6) is 0.376. The number of hydrogen-bond donors (Lipinski definition) is 1. The molecule has 3 heterocycles. The van der Waals surface area contributed by atoms with Crippen molar-refractivity contribution in [1.29, 1.82) is 0 Å². The molecule has 0 spiro atoms. The molecule has 1 aliphatic heterocycles. The average molecular weight is 259 g/mol. The van der Waals surface area contributed by atoms with Gasteiger partial charge in [0.2, 0.25) is 0 Å². The summed E-state index contributed by atoms with van der Waals surface area (Å²) < 4.78 is 7.45. The Morgan fingerprint density at radius 3 is 3.16 bits per heavy atom. The zero-order chi connectivity index (χ0) is 13.1. The van der Waals surface area contributed by atoms with Gasteiger partial charge in [-0.3, -0.25) is 0 Å². The van der Waals surface area contributed by atoms with Crippen molar-refractivity contribution in [1.82, 2.24) is 19.5 Å². The van der Waals surface area contributed by atoms with E-state index in [2.05, 4.69) is 15.0 Å². The van der Waals surface area contributed by atoms with Gasteiger partial charge >= 0.3 is 0 Å².